The van der Waals surface area contributed by atoms with E-state index in [4.69, 9.17) is 0 Å². The van der Waals surface area contributed by atoms with Gasteiger partial charge in [0.05, 0.1) is 17.8 Å². The predicted molar refractivity (Wildman–Crippen MR) is 105 cm³/mol. The summed E-state index contributed by atoms with van der Waals surface area (Å²) in [5.41, 5.74) is 2.04. The van der Waals surface area contributed by atoms with Gasteiger partial charge in [-0.15, -0.1) is 0 Å². The molecule has 1 aromatic heterocycles. The fourth-order valence-electron chi connectivity index (χ4n) is 3.31. The maximum atomic E-state index is 12.8. The van der Waals surface area contributed by atoms with Crippen molar-refractivity contribution >= 4 is 16.7 Å². The molecule has 0 aliphatic carbocycles. The van der Waals surface area contributed by atoms with E-state index >= 15 is 0 Å². The number of carbonyl (C=O) groups is 1. The molecule has 0 aliphatic rings. The molecular weight excluding hydrogens is 338 g/mol. The van der Waals surface area contributed by atoms with Crippen LogP contribution in [0.1, 0.15) is 27.5 Å². The molecule has 5 nitrogen and oxygen atoms in total. The number of phenolic OH excluding ortho intramolecular Hbond substituents is 1. The number of benzene rings is 3. The summed E-state index contributed by atoms with van der Waals surface area (Å²) in [5.74, 6) is -0.0988. The standard InChI is InChI=1S/C22H19N3O2/c1-25-14-17(13-23-25)22(27)24-21(16-8-3-2-4-9-16)20-18-10-6-5-7-15(18)11-12-19(20)26/h2-14,21,26H,1H3,(H,24,27)/t21-/m1/s1. The van der Waals surface area contributed by atoms with Gasteiger partial charge >= 0.3 is 0 Å². The maximum absolute atomic E-state index is 12.8. The van der Waals surface area contributed by atoms with E-state index in [9.17, 15) is 9.90 Å². The number of hydrogen-bond acceptors (Lipinski definition) is 3. The molecule has 0 bridgehead atoms. The Morgan fingerprint density at radius 3 is 2.52 bits per heavy atom. The highest BCUT2D eigenvalue weighted by atomic mass is 16.3. The highest BCUT2D eigenvalue weighted by molar-refractivity contribution is 5.95. The Kier molecular flexibility index (Phi) is 4.34. The van der Waals surface area contributed by atoms with Crippen molar-refractivity contribution in [3.05, 3.63) is 95.8 Å². The summed E-state index contributed by atoms with van der Waals surface area (Å²) >= 11 is 0. The van der Waals surface area contributed by atoms with E-state index < -0.39 is 6.04 Å². The Labute approximate surface area is 156 Å². The molecule has 1 heterocycles. The van der Waals surface area contributed by atoms with Crippen LogP contribution in [0.3, 0.4) is 0 Å². The Hall–Kier alpha value is -3.60. The third kappa shape index (κ3) is 3.27. The molecule has 0 aliphatic heterocycles. The first-order valence-corrected chi connectivity index (χ1v) is 8.68. The van der Waals surface area contributed by atoms with Crippen molar-refractivity contribution in [2.75, 3.05) is 0 Å². The molecule has 4 rings (SSSR count). The minimum atomic E-state index is -0.495. The van der Waals surface area contributed by atoms with Gasteiger partial charge in [-0.3, -0.25) is 9.48 Å². The topological polar surface area (TPSA) is 67.2 Å². The predicted octanol–water partition coefficient (Wildman–Crippen LogP) is 3.80. The number of rotatable bonds is 4. The molecular formula is C22H19N3O2. The molecule has 4 aromatic rings. The van der Waals surface area contributed by atoms with Gasteiger partial charge in [0.15, 0.2) is 0 Å². The number of carbonyl (C=O) groups excluding carboxylic acids is 1. The molecule has 3 aromatic carbocycles. The lowest BCUT2D eigenvalue weighted by atomic mass is 9.92. The van der Waals surface area contributed by atoms with Crippen LogP contribution < -0.4 is 5.32 Å². The SMILES string of the molecule is Cn1cc(C(=O)N[C@H](c2ccccc2)c2c(O)ccc3ccccc23)cn1. The van der Waals surface area contributed by atoms with Gasteiger partial charge in [0.2, 0.25) is 0 Å². The molecule has 1 atom stereocenters. The lowest BCUT2D eigenvalue weighted by molar-refractivity contribution is 0.0943. The molecule has 5 heteroatoms. The van der Waals surface area contributed by atoms with E-state index in [1.807, 2.05) is 60.7 Å². The Morgan fingerprint density at radius 2 is 1.78 bits per heavy atom. The Morgan fingerprint density at radius 1 is 1.04 bits per heavy atom. The summed E-state index contributed by atoms with van der Waals surface area (Å²) in [7, 11) is 1.77. The smallest absolute Gasteiger partial charge is 0.255 e. The van der Waals surface area contributed by atoms with Crippen molar-refractivity contribution in [1.82, 2.24) is 15.1 Å². The lowest BCUT2D eigenvalue weighted by Crippen LogP contribution is -2.29. The number of phenols is 1. The fourth-order valence-corrected chi connectivity index (χ4v) is 3.31. The van der Waals surface area contributed by atoms with Crippen LogP contribution in [0, 0.1) is 0 Å². The minimum Gasteiger partial charge on any atom is -0.508 e. The largest absolute Gasteiger partial charge is 0.508 e. The molecule has 27 heavy (non-hydrogen) atoms. The number of nitrogens with one attached hydrogen (secondary N) is 1. The van der Waals surface area contributed by atoms with Crippen LogP contribution in [-0.4, -0.2) is 20.8 Å². The number of nitrogens with zero attached hydrogens (tertiary/aromatic N) is 2. The van der Waals surface area contributed by atoms with E-state index in [0.29, 0.717) is 11.1 Å². The van der Waals surface area contributed by atoms with Crippen molar-refractivity contribution in [3.63, 3.8) is 0 Å². The first-order valence-electron chi connectivity index (χ1n) is 8.68. The van der Waals surface area contributed by atoms with Crippen molar-refractivity contribution < 1.29 is 9.90 Å². The van der Waals surface area contributed by atoms with E-state index in [1.54, 1.807) is 24.0 Å². The van der Waals surface area contributed by atoms with Gasteiger partial charge in [-0.05, 0) is 22.4 Å². The van der Waals surface area contributed by atoms with Crippen LogP contribution in [0.4, 0.5) is 0 Å². The second-order valence-corrected chi connectivity index (χ2v) is 6.44. The summed E-state index contributed by atoms with van der Waals surface area (Å²) in [4.78, 5) is 12.8. The highest BCUT2D eigenvalue weighted by Crippen LogP contribution is 2.35. The summed E-state index contributed by atoms with van der Waals surface area (Å²) in [6.45, 7) is 0. The first kappa shape index (κ1) is 16.8. The van der Waals surface area contributed by atoms with Crippen LogP contribution >= 0.6 is 0 Å². The third-order valence-corrected chi connectivity index (χ3v) is 4.61. The van der Waals surface area contributed by atoms with E-state index in [-0.39, 0.29) is 11.7 Å². The molecule has 0 radical (unpaired) electrons. The van der Waals surface area contributed by atoms with Crippen molar-refractivity contribution in [2.24, 2.45) is 7.05 Å². The van der Waals surface area contributed by atoms with E-state index in [0.717, 1.165) is 16.3 Å². The van der Waals surface area contributed by atoms with Crippen LogP contribution in [0.5, 0.6) is 5.75 Å². The minimum absolute atomic E-state index is 0.147. The van der Waals surface area contributed by atoms with Gasteiger partial charge in [0.25, 0.3) is 5.91 Å². The van der Waals surface area contributed by atoms with Crippen LogP contribution in [0.2, 0.25) is 0 Å². The Bertz CT molecular complexity index is 1100. The van der Waals surface area contributed by atoms with E-state index in [1.165, 1.54) is 6.20 Å². The average Bonchev–Trinajstić information content (AvgIpc) is 3.14. The summed E-state index contributed by atoms with van der Waals surface area (Å²) in [6, 6.07) is 20.5. The van der Waals surface area contributed by atoms with Gasteiger partial charge in [-0.2, -0.15) is 5.10 Å². The van der Waals surface area contributed by atoms with Gasteiger partial charge in [-0.25, -0.2) is 0 Å². The molecule has 0 fully saturated rings. The monoisotopic (exact) mass is 357 g/mol. The van der Waals surface area contributed by atoms with Crippen molar-refractivity contribution in [3.8, 4) is 5.75 Å². The Balaban J connectivity index is 1.85. The van der Waals surface area contributed by atoms with Crippen LogP contribution in [-0.2, 0) is 7.05 Å². The number of aromatic hydroxyl groups is 1. The third-order valence-electron chi connectivity index (χ3n) is 4.61. The second kappa shape index (κ2) is 6.96. The molecule has 1 amide bonds. The average molecular weight is 357 g/mol. The number of aryl methyl sites for hydroxylation is 1. The molecule has 134 valence electrons. The van der Waals surface area contributed by atoms with Crippen LogP contribution in [0.25, 0.3) is 10.8 Å². The van der Waals surface area contributed by atoms with Crippen LogP contribution in [0.15, 0.2) is 79.1 Å². The summed E-state index contributed by atoms with van der Waals surface area (Å²) in [6.07, 6.45) is 3.20. The number of hydrogen-bond donors (Lipinski definition) is 2. The quantitative estimate of drug-likeness (QED) is 0.584. The van der Waals surface area contributed by atoms with E-state index in [2.05, 4.69) is 10.4 Å². The molecule has 0 saturated carbocycles. The molecule has 0 saturated heterocycles. The summed E-state index contributed by atoms with van der Waals surface area (Å²) < 4.78 is 1.59. The zero-order valence-corrected chi connectivity index (χ0v) is 14.8. The lowest BCUT2D eigenvalue weighted by Gasteiger charge is -2.22. The highest BCUT2D eigenvalue weighted by Gasteiger charge is 2.23. The number of amides is 1. The van der Waals surface area contributed by atoms with Gasteiger partial charge in [0, 0.05) is 18.8 Å². The number of fused-ring (bicyclic) bond motifs is 1. The zero-order chi connectivity index (χ0) is 18.8. The zero-order valence-electron chi connectivity index (χ0n) is 14.8. The second-order valence-electron chi connectivity index (χ2n) is 6.44. The molecule has 0 unspecified atom stereocenters. The molecule has 0 spiro atoms. The van der Waals surface area contributed by atoms with Gasteiger partial charge in [-0.1, -0.05) is 60.7 Å². The van der Waals surface area contributed by atoms with Gasteiger partial charge in [0.1, 0.15) is 5.75 Å². The van der Waals surface area contributed by atoms with Crippen molar-refractivity contribution in [1.29, 1.82) is 0 Å². The molecule has 2 N–H and O–H groups in total. The van der Waals surface area contributed by atoms with Gasteiger partial charge < -0.3 is 10.4 Å². The fraction of sp³-hybridized carbons (Fsp3) is 0.0909. The van der Waals surface area contributed by atoms with Crippen molar-refractivity contribution in [2.45, 2.75) is 6.04 Å². The maximum Gasteiger partial charge on any atom is 0.255 e. The normalized spacial score (nSPS) is 12.0. The first-order chi connectivity index (χ1) is 13.1. The number of aromatic nitrogens is 2. The summed E-state index contributed by atoms with van der Waals surface area (Å²) in [5, 5.41) is 19.7.